The van der Waals surface area contributed by atoms with Gasteiger partial charge in [0.05, 0.1) is 4.88 Å². The van der Waals surface area contributed by atoms with E-state index in [9.17, 15) is 4.79 Å². The number of benzene rings is 1. The fourth-order valence-corrected chi connectivity index (χ4v) is 2.63. The van der Waals surface area contributed by atoms with Crippen LogP contribution in [0.3, 0.4) is 0 Å². The molecule has 0 aliphatic rings. The molecule has 0 aliphatic heterocycles. The summed E-state index contributed by atoms with van der Waals surface area (Å²) in [5, 5.41) is 1.92. The van der Waals surface area contributed by atoms with Gasteiger partial charge in [-0.1, -0.05) is 36.4 Å². The standard InChI is InChI=1S/C15H18N2OS.ClH/c16-9-11-17(15(18)14-7-4-12-19-14)10-8-13-5-2-1-3-6-13;/h1-7,12H,8-11,16H2;1H. The lowest BCUT2D eigenvalue weighted by atomic mass is 10.1. The first-order chi connectivity index (χ1) is 9.31. The highest BCUT2D eigenvalue weighted by atomic mass is 35.5. The summed E-state index contributed by atoms with van der Waals surface area (Å²) in [5.41, 5.74) is 6.84. The van der Waals surface area contributed by atoms with Crippen LogP contribution < -0.4 is 5.73 Å². The molecule has 1 heterocycles. The minimum absolute atomic E-state index is 0. The van der Waals surface area contributed by atoms with Gasteiger partial charge in [-0.15, -0.1) is 23.7 Å². The van der Waals surface area contributed by atoms with Crippen molar-refractivity contribution >= 4 is 29.7 Å². The molecular formula is C15H19ClN2OS. The fraction of sp³-hybridized carbons (Fsp3) is 0.267. The second kappa shape index (κ2) is 8.74. The van der Waals surface area contributed by atoms with Crippen LogP contribution in [0.15, 0.2) is 47.8 Å². The summed E-state index contributed by atoms with van der Waals surface area (Å²) in [7, 11) is 0. The Labute approximate surface area is 129 Å². The monoisotopic (exact) mass is 310 g/mol. The third kappa shape index (κ3) is 4.63. The molecular weight excluding hydrogens is 292 g/mol. The smallest absolute Gasteiger partial charge is 0.263 e. The van der Waals surface area contributed by atoms with Crippen molar-refractivity contribution in [1.29, 1.82) is 0 Å². The second-order valence-corrected chi connectivity index (χ2v) is 5.24. The molecule has 20 heavy (non-hydrogen) atoms. The maximum atomic E-state index is 12.3. The average molecular weight is 311 g/mol. The van der Waals surface area contributed by atoms with E-state index in [1.165, 1.54) is 16.9 Å². The van der Waals surface area contributed by atoms with E-state index < -0.39 is 0 Å². The highest BCUT2D eigenvalue weighted by Gasteiger charge is 2.15. The molecule has 0 saturated carbocycles. The van der Waals surface area contributed by atoms with Gasteiger partial charge in [0.15, 0.2) is 0 Å². The van der Waals surface area contributed by atoms with Gasteiger partial charge < -0.3 is 10.6 Å². The van der Waals surface area contributed by atoms with Gasteiger partial charge in [-0.3, -0.25) is 4.79 Å². The molecule has 0 radical (unpaired) electrons. The summed E-state index contributed by atoms with van der Waals surface area (Å²) in [5.74, 6) is 0.0800. The lowest BCUT2D eigenvalue weighted by Crippen LogP contribution is -2.36. The number of nitrogens with zero attached hydrogens (tertiary/aromatic N) is 1. The topological polar surface area (TPSA) is 46.3 Å². The van der Waals surface area contributed by atoms with Crippen LogP contribution in [0.25, 0.3) is 0 Å². The Kier molecular flexibility index (Phi) is 7.30. The van der Waals surface area contributed by atoms with E-state index >= 15 is 0 Å². The van der Waals surface area contributed by atoms with E-state index in [0.29, 0.717) is 19.6 Å². The summed E-state index contributed by atoms with van der Waals surface area (Å²) in [4.78, 5) is 14.9. The first-order valence-electron chi connectivity index (χ1n) is 6.38. The largest absolute Gasteiger partial charge is 0.336 e. The Hall–Kier alpha value is -1.36. The zero-order valence-corrected chi connectivity index (χ0v) is 12.8. The highest BCUT2D eigenvalue weighted by molar-refractivity contribution is 7.12. The van der Waals surface area contributed by atoms with E-state index in [1.54, 1.807) is 0 Å². The van der Waals surface area contributed by atoms with Crippen molar-refractivity contribution in [2.75, 3.05) is 19.6 Å². The molecule has 1 aromatic heterocycles. The van der Waals surface area contributed by atoms with E-state index in [0.717, 1.165) is 11.3 Å². The van der Waals surface area contributed by atoms with E-state index in [-0.39, 0.29) is 18.3 Å². The van der Waals surface area contributed by atoms with Crippen molar-refractivity contribution in [3.8, 4) is 0 Å². The van der Waals surface area contributed by atoms with Gasteiger partial charge in [0.2, 0.25) is 0 Å². The average Bonchev–Trinajstić information content (AvgIpc) is 2.98. The van der Waals surface area contributed by atoms with Gasteiger partial charge >= 0.3 is 0 Å². The molecule has 0 fully saturated rings. The Morgan fingerprint density at radius 3 is 2.45 bits per heavy atom. The molecule has 0 bridgehead atoms. The summed E-state index contributed by atoms with van der Waals surface area (Å²) >= 11 is 1.47. The quantitative estimate of drug-likeness (QED) is 0.892. The van der Waals surface area contributed by atoms with Gasteiger partial charge in [0, 0.05) is 19.6 Å². The first-order valence-corrected chi connectivity index (χ1v) is 7.26. The fourth-order valence-electron chi connectivity index (χ4n) is 1.94. The SMILES string of the molecule is Cl.NCCN(CCc1ccccc1)C(=O)c1cccs1. The van der Waals surface area contributed by atoms with Crippen LogP contribution in [-0.4, -0.2) is 30.4 Å². The normalized spacial score (nSPS) is 9.85. The number of nitrogens with two attached hydrogens (primary N) is 1. The van der Waals surface area contributed by atoms with Crippen LogP contribution in [0.1, 0.15) is 15.2 Å². The molecule has 2 rings (SSSR count). The third-order valence-corrected chi connectivity index (χ3v) is 3.79. The minimum atomic E-state index is 0. The van der Waals surface area contributed by atoms with Crippen molar-refractivity contribution < 1.29 is 4.79 Å². The third-order valence-electron chi connectivity index (χ3n) is 2.93. The molecule has 0 unspecified atom stereocenters. The van der Waals surface area contributed by atoms with Gasteiger partial charge in [-0.2, -0.15) is 0 Å². The van der Waals surface area contributed by atoms with E-state index in [4.69, 9.17) is 5.73 Å². The maximum Gasteiger partial charge on any atom is 0.263 e. The highest BCUT2D eigenvalue weighted by Crippen LogP contribution is 2.12. The lowest BCUT2D eigenvalue weighted by Gasteiger charge is -2.21. The summed E-state index contributed by atoms with van der Waals surface area (Å²) in [6.45, 7) is 1.80. The number of thiophene rings is 1. The lowest BCUT2D eigenvalue weighted by molar-refractivity contribution is 0.0767. The summed E-state index contributed by atoms with van der Waals surface area (Å²) < 4.78 is 0. The molecule has 1 amide bonds. The van der Waals surface area contributed by atoms with Gasteiger partial charge in [-0.25, -0.2) is 0 Å². The Morgan fingerprint density at radius 1 is 1.10 bits per heavy atom. The van der Waals surface area contributed by atoms with Gasteiger partial charge in [-0.05, 0) is 23.4 Å². The van der Waals surface area contributed by atoms with E-state index in [1.807, 2.05) is 40.6 Å². The molecule has 0 aliphatic carbocycles. The predicted octanol–water partition coefficient (Wildman–Crippen LogP) is 2.81. The van der Waals surface area contributed by atoms with Gasteiger partial charge in [0.25, 0.3) is 5.91 Å². The second-order valence-electron chi connectivity index (χ2n) is 4.29. The number of amides is 1. The van der Waals surface area contributed by atoms with Crippen LogP contribution in [0.5, 0.6) is 0 Å². The Bertz CT molecular complexity index is 502. The van der Waals surface area contributed by atoms with Crippen LogP contribution >= 0.6 is 23.7 Å². The number of hydrogen-bond donors (Lipinski definition) is 1. The van der Waals surface area contributed by atoms with Crippen molar-refractivity contribution in [1.82, 2.24) is 4.90 Å². The molecule has 0 saturated heterocycles. The summed E-state index contributed by atoms with van der Waals surface area (Å²) in [6, 6.07) is 14.0. The molecule has 108 valence electrons. The van der Waals surface area contributed by atoms with Crippen molar-refractivity contribution in [2.45, 2.75) is 6.42 Å². The molecule has 2 N–H and O–H groups in total. The molecule has 0 atom stereocenters. The van der Waals surface area contributed by atoms with E-state index in [2.05, 4.69) is 12.1 Å². The Morgan fingerprint density at radius 2 is 1.85 bits per heavy atom. The predicted molar refractivity (Wildman–Crippen MR) is 86.7 cm³/mol. The maximum absolute atomic E-state index is 12.3. The van der Waals surface area contributed by atoms with Crippen LogP contribution in [0.2, 0.25) is 0 Å². The van der Waals surface area contributed by atoms with Crippen molar-refractivity contribution in [3.63, 3.8) is 0 Å². The zero-order chi connectivity index (χ0) is 13.5. The van der Waals surface area contributed by atoms with Gasteiger partial charge in [0.1, 0.15) is 0 Å². The van der Waals surface area contributed by atoms with Crippen LogP contribution in [0.4, 0.5) is 0 Å². The number of carbonyl (C=O) groups excluding carboxylic acids is 1. The van der Waals surface area contributed by atoms with Crippen LogP contribution in [-0.2, 0) is 6.42 Å². The number of carbonyl (C=O) groups is 1. The number of hydrogen-bond acceptors (Lipinski definition) is 3. The minimum Gasteiger partial charge on any atom is -0.336 e. The first kappa shape index (κ1) is 16.7. The van der Waals surface area contributed by atoms with Crippen LogP contribution in [0, 0.1) is 0 Å². The number of halogens is 1. The Balaban J connectivity index is 0.00000200. The van der Waals surface area contributed by atoms with Crippen molar-refractivity contribution in [3.05, 3.63) is 58.3 Å². The molecule has 2 aromatic rings. The molecule has 3 nitrogen and oxygen atoms in total. The molecule has 0 spiro atoms. The zero-order valence-electron chi connectivity index (χ0n) is 11.2. The number of rotatable bonds is 6. The summed E-state index contributed by atoms with van der Waals surface area (Å²) in [6.07, 6.45) is 0.859. The van der Waals surface area contributed by atoms with Crippen molar-refractivity contribution in [2.24, 2.45) is 5.73 Å². The molecule has 5 heteroatoms. The molecule has 1 aromatic carbocycles.